The highest BCUT2D eigenvalue weighted by Crippen LogP contribution is 2.29. The number of nitrogens with zero attached hydrogens (tertiary/aromatic N) is 1. The van der Waals surface area contributed by atoms with Gasteiger partial charge in [0.25, 0.3) is 0 Å². The molecule has 1 aliphatic rings. The summed E-state index contributed by atoms with van der Waals surface area (Å²) in [6, 6.07) is 4.13. The van der Waals surface area contributed by atoms with Crippen molar-refractivity contribution < 1.29 is 13.9 Å². The Balaban J connectivity index is 2.41. The molecule has 0 saturated carbocycles. The van der Waals surface area contributed by atoms with Crippen LogP contribution < -0.4 is 10.1 Å². The molecule has 1 heterocycles. The maximum absolute atomic E-state index is 14.1. The van der Waals surface area contributed by atoms with E-state index in [1.165, 1.54) is 12.1 Å². The molecular formula is C17H16ClFN2O2. The summed E-state index contributed by atoms with van der Waals surface area (Å²) in [5.41, 5.74) is 0.261. The molecule has 0 aromatic heterocycles. The second-order valence-electron chi connectivity index (χ2n) is 5.04. The Morgan fingerprint density at radius 3 is 2.91 bits per heavy atom. The summed E-state index contributed by atoms with van der Waals surface area (Å²) in [4.78, 5) is 12.6. The van der Waals surface area contributed by atoms with E-state index in [0.717, 1.165) is 18.9 Å². The maximum atomic E-state index is 14.1. The number of piperidine rings is 1. The minimum absolute atomic E-state index is 0.0582. The van der Waals surface area contributed by atoms with Gasteiger partial charge in [-0.2, -0.15) is 5.26 Å². The van der Waals surface area contributed by atoms with Gasteiger partial charge >= 0.3 is 0 Å². The third-order valence-electron chi connectivity index (χ3n) is 3.46. The molecule has 0 amide bonds. The van der Waals surface area contributed by atoms with Gasteiger partial charge in [-0.05, 0) is 31.4 Å². The van der Waals surface area contributed by atoms with Crippen molar-refractivity contribution in [2.75, 3.05) is 13.2 Å². The number of ketones is 1. The lowest BCUT2D eigenvalue weighted by Gasteiger charge is -2.18. The molecule has 1 N–H and O–H groups in total. The lowest BCUT2D eigenvalue weighted by Crippen LogP contribution is -2.23. The van der Waals surface area contributed by atoms with Crippen LogP contribution in [0.4, 0.5) is 4.39 Å². The summed E-state index contributed by atoms with van der Waals surface area (Å²) in [6.07, 6.45) is 3.97. The van der Waals surface area contributed by atoms with Crippen molar-refractivity contribution >= 4 is 17.4 Å². The van der Waals surface area contributed by atoms with Crippen LogP contribution in [-0.2, 0) is 0 Å². The predicted octanol–water partition coefficient (Wildman–Crippen LogP) is 3.78. The van der Waals surface area contributed by atoms with E-state index in [2.05, 4.69) is 11.9 Å². The molecule has 120 valence electrons. The fraction of sp³-hybridized carbons (Fsp3) is 0.294. The Morgan fingerprint density at radius 2 is 2.30 bits per heavy atom. The van der Waals surface area contributed by atoms with Crippen LogP contribution in [0.1, 0.15) is 29.6 Å². The Hall–Kier alpha value is -2.32. The van der Waals surface area contributed by atoms with Crippen LogP contribution >= 0.6 is 11.6 Å². The number of nitriles is 1. The standard InChI is InChI=1S/C17H16ClFN2O2/c1-2-7-23-16-8-11(14(19)9-13(16)18)17(22)12(10-20)15-5-3-4-6-21-15/h2,8-9,21H,1,3-7H2/b15-12-. The Kier molecular flexibility index (Phi) is 5.78. The third-order valence-corrected chi connectivity index (χ3v) is 3.75. The van der Waals surface area contributed by atoms with Crippen molar-refractivity contribution in [3.63, 3.8) is 0 Å². The van der Waals surface area contributed by atoms with Gasteiger partial charge in [-0.25, -0.2) is 4.39 Å². The Bertz CT molecular complexity index is 699. The number of benzene rings is 1. The van der Waals surface area contributed by atoms with Crippen molar-refractivity contribution in [3.05, 3.63) is 52.5 Å². The molecule has 0 aliphatic carbocycles. The second-order valence-corrected chi connectivity index (χ2v) is 5.45. The molecule has 4 nitrogen and oxygen atoms in total. The first-order valence-electron chi connectivity index (χ1n) is 7.23. The van der Waals surface area contributed by atoms with Gasteiger partial charge in [0.05, 0.1) is 10.6 Å². The minimum Gasteiger partial charge on any atom is -0.488 e. The third kappa shape index (κ3) is 3.91. The number of nitrogens with one attached hydrogen (secondary N) is 1. The smallest absolute Gasteiger partial charge is 0.208 e. The zero-order valence-corrected chi connectivity index (χ0v) is 13.3. The van der Waals surface area contributed by atoms with E-state index in [1.807, 2.05) is 6.07 Å². The first kappa shape index (κ1) is 17.0. The van der Waals surface area contributed by atoms with Crippen LogP contribution in [-0.4, -0.2) is 18.9 Å². The lowest BCUT2D eigenvalue weighted by molar-refractivity contribution is 0.103. The predicted molar refractivity (Wildman–Crippen MR) is 85.9 cm³/mol. The van der Waals surface area contributed by atoms with Gasteiger partial charge in [-0.3, -0.25) is 4.79 Å². The van der Waals surface area contributed by atoms with Crippen LogP contribution in [0.2, 0.25) is 5.02 Å². The summed E-state index contributed by atoms with van der Waals surface area (Å²) >= 11 is 5.90. The number of carbonyl (C=O) groups excluding carboxylic acids is 1. The van der Waals surface area contributed by atoms with Gasteiger partial charge in [0.1, 0.15) is 29.8 Å². The monoisotopic (exact) mass is 334 g/mol. The molecule has 0 unspecified atom stereocenters. The van der Waals surface area contributed by atoms with Gasteiger partial charge in [-0.1, -0.05) is 24.3 Å². The van der Waals surface area contributed by atoms with Gasteiger partial charge in [0.2, 0.25) is 5.78 Å². The number of allylic oxidation sites excluding steroid dienone is 2. The molecule has 1 fully saturated rings. The van der Waals surface area contributed by atoms with Gasteiger partial charge in [-0.15, -0.1) is 0 Å². The fourth-order valence-electron chi connectivity index (χ4n) is 2.32. The van der Waals surface area contributed by atoms with E-state index in [4.69, 9.17) is 16.3 Å². The van der Waals surface area contributed by atoms with E-state index in [0.29, 0.717) is 18.7 Å². The Morgan fingerprint density at radius 1 is 1.52 bits per heavy atom. The lowest BCUT2D eigenvalue weighted by atomic mass is 9.98. The molecule has 0 radical (unpaired) electrons. The average molecular weight is 335 g/mol. The van der Waals surface area contributed by atoms with E-state index in [9.17, 15) is 14.4 Å². The molecule has 1 saturated heterocycles. The number of rotatable bonds is 5. The number of Topliss-reactive ketones (excluding diaryl/α,β-unsaturated/α-hetero) is 1. The molecule has 1 aromatic carbocycles. The van der Waals surface area contributed by atoms with Crippen molar-refractivity contribution in [2.45, 2.75) is 19.3 Å². The number of halogens is 2. The molecule has 6 heteroatoms. The van der Waals surface area contributed by atoms with E-state index in [-0.39, 0.29) is 28.5 Å². The van der Waals surface area contributed by atoms with Crippen LogP contribution in [0, 0.1) is 17.1 Å². The summed E-state index contributed by atoms with van der Waals surface area (Å²) in [5.74, 6) is -1.28. The average Bonchev–Trinajstić information content (AvgIpc) is 2.55. The van der Waals surface area contributed by atoms with Crippen LogP contribution in [0.15, 0.2) is 36.1 Å². The molecule has 0 atom stereocenters. The van der Waals surface area contributed by atoms with Crippen LogP contribution in [0.5, 0.6) is 5.75 Å². The molecule has 0 bridgehead atoms. The van der Waals surface area contributed by atoms with Crippen LogP contribution in [0.3, 0.4) is 0 Å². The molecule has 1 aliphatic heterocycles. The normalized spacial score (nSPS) is 16.0. The highest BCUT2D eigenvalue weighted by atomic mass is 35.5. The van der Waals surface area contributed by atoms with E-state index < -0.39 is 11.6 Å². The highest BCUT2D eigenvalue weighted by molar-refractivity contribution is 6.32. The van der Waals surface area contributed by atoms with Crippen molar-refractivity contribution in [3.8, 4) is 11.8 Å². The zero-order valence-electron chi connectivity index (χ0n) is 12.5. The first-order chi connectivity index (χ1) is 11.1. The second kappa shape index (κ2) is 7.80. The van der Waals surface area contributed by atoms with Crippen LogP contribution in [0.25, 0.3) is 0 Å². The van der Waals surface area contributed by atoms with Crippen molar-refractivity contribution in [1.82, 2.24) is 5.32 Å². The molecular weight excluding hydrogens is 319 g/mol. The summed E-state index contributed by atoms with van der Waals surface area (Å²) in [7, 11) is 0. The summed E-state index contributed by atoms with van der Waals surface area (Å²) < 4.78 is 19.4. The van der Waals surface area contributed by atoms with E-state index in [1.54, 1.807) is 0 Å². The highest BCUT2D eigenvalue weighted by Gasteiger charge is 2.23. The molecule has 23 heavy (non-hydrogen) atoms. The molecule has 1 aromatic rings. The van der Waals surface area contributed by atoms with Gasteiger partial charge in [0, 0.05) is 12.2 Å². The van der Waals surface area contributed by atoms with Gasteiger partial charge in [0.15, 0.2) is 0 Å². The largest absolute Gasteiger partial charge is 0.488 e. The summed E-state index contributed by atoms with van der Waals surface area (Å²) in [5, 5.41) is 12.4. The maximum Gasteiger partial charge on any atom is 0.208 e. The van der Waals surface area contributed by atoms with Crippen molar-refractivity contribution in [2.24, 2.45) is 0 Å². The van der Waals surface area contributed by atoms with Crippen molar-refractivity contribution in [1.29, 1.82) is 5.26 Å². The number of hydrogen-bond donors (Lipinski definition) is 1. The molecule has 2 rings (SSSR count). The first-order valence-corrected chi connectivity index (χ1v) is 7.60. The quantitative estimate of drug-likeness (QED) is 0.385. The fourth-order valence-corrected chi connectivity index (χ4v) is 2.53. The number of ether oxygens (including phenoxy) is 1. The SMILES string of the molecule is C=CCOc1cc(C(=O)/C(C#N)=C2/CCCCN2)c(F)cc1Cl. The van der Waals surface area contributed by atoms with E-state index >= 15 is 0 Å². The Labute approximate surface area is 139 Å². The van der Waals surface area contributed by atoms with Gasteiger partial charge < -0.3 is 10.1 Å². The number of hydrogen-bond acceptors (Lipinski definition) is 4. The number of carbonyl (C=O) groups is 1. The summed E-state index contributed by atoms with van der Waals surface area (Å²) in [6.45, 7) is 4.39. The topological polar surface area (TPSA) is 62.1 Å². The minimum atomic E-state index is -0.782. The zero-order chi connectivity index (χ0) is 16.8. The molecule has 0 spiro atoms.